The van der Waals surface area contributed by atoms with Gasteiger partial charge < -0.3 is 9.65 Å². The predicted molar refractivity (Wildman–Crippen MR) is 147 cm³/mol. The van der Waals surface area contributed by atoms with Crippen molar-refractivity contribution in [1.29, 1.82) is 0 Å². The van der Waals surface area contributed by atoms with E-state index in [2.05, 4.69) is 53.0 Å². The van der Waals surface area contributed by atoms with Crippen LogP contribution in [-0.4, -0.2) is 4.57 Å². The highest BCUT2D eigenvalue weighted by molar-refractivity contribution is 7.71. The van der Waals surface area contributed by atoms with Crippen molar-refractivity contribution in [2.24, 2.45) is 0 Å². The summed E-state index contributed by atoms with van der Waals surface area (Å²) in [5, 5.41) is 5.72. The molecule has 0 aliphatic rings. The van der Waals surface area contributed by atoms with Crippen molar-refractivity contribution in [1.82, 2.24) is 4.57 Å². The van der Waals surface area contributed by atoms with E-state index >= 15 is 0 Å². The van der Waals surface area contributed by atoms with E-state index in [0.29, 0.717) is 0 Å². The quantitative estimate of drug-likeness (QED) is 0.245. The summed E-state index contributed by atoms with van der Waals surface area (Å²) in [5.41, 5.74) is 5.26. The molecule has 5 aromatic rings. The molecule has 5 rings (SSSR count). The smallest absolute Gasteiger partial charge is 0.213 e. The Morgan fingerprint density at radius 3 is 1.88 bits per heavy atom. The fourth-order valence-corrected chi connectivity index (χ4v) is 5.89. The molecule has 3 nitrogen and oxygen atoms in total. The first-order chi connectivity index (χ1) is 16.6. The normalized spacial score (nSPS) is 13.7. The number of nitrogens with one attached hydrogen (secondary N) is 1. The van der Waals surface area contributed by atoms with Crippen LogP contribution in [0.1, 0.15) is 18.1 Å². The number of aryl methyl sites for hydroxylation is 1. The van der Waals surface area contributed by atoms with Crippen molar-refractivity contribution in [2.45, 2.75) is 13.5 Å². The number of fused-ring (bicyclic) bond motifs is 3. The number of benzene rings is 4. The number of hydrogen-bond donors (Lipinski definition) is 1. The van der Waals surface area contributed by atoms with Crippen LogP contribution in [-0.2, 0) is 11.1 Å². The molecule has 1 heterocycles. The van der Waals surface area contributed by atoms with Crippen molar-refractivity contribution >= 4 is 46.9 Å². The van der Waals surface area contributed by atoms with Gasteiger partial charge in [-0.1, -0.05) is 78.9 Å². The highest BCUT2D eigenvalue weighted by atomic mass is 31.2. The number of para-hydroxylation sites is 1. The third-order valence-corrected chi connectivity index (χ3v) is 7.76. The standard InChI is InChI=1S/C30H27N2OP/c1-2-32-29-16-10-9-15-27(29)28-23-26(17-18-30(28)32)31-34(33,21-19-24-11-5-3-6-12-24)22-20-25-13-7-4-8-14-25/h3-23H,2H2,1H3,(H,31,33). The zero-order valence-corrected chi connectivity index (χ0v) is 20.0. The van der Waals surface area contributed by atoms with E-state index in [1.165, 1.54) is 16.4 Å². The molecule has 0 saturated heterocycles. The maximum absolute atomic E-state index is 14.1. The Morgan fingerprint density at radius 2 is 1.26 bits per heavy atom. The number of nitrogens with zero attached hydrogens (tertiary/aromatic N) is 1. The van der Waals surface area contributed by atoms with Gasteiger partial charge >= 0.3 is 0 Å². The number of hydrogen-bond acceptors (Lipinski definition) is 1. The highest BCUT2D eigenvalue weighted by Gasteiger charge is 2.16. The van der Waals surface area contributed by atoms with Gasteiger partial charge in [-0.05, 0) is 66.1 Å². The van der Waals surface area contributed by atoms with Crippen LogP contribution in [0.15, 0.2) is 115 Å². The summed E-state index contributed by atoms with van der Waals surface area (Å²) in [6, 6.07) is 34.6. The topological polar surface area (TPSA) is 34.0 Å². The number of aromatic nitrogens is 1. The lowest BCUT2D eigenvalue weighted by atomic mass is 10.1. The van der Waals surface area contributed by atoms with Gasteiger partial charge in [-0.15, -0.1) is 0 Å². The fourth-order valence-electron chi connectivity index (χ4n) is 4.31. The molecule has 0 saturated carbocycles. The zero-order valence-electron chi connectivity index (χ0n) is 19.1. The summed E-state index contributed by atoms with van der Waals surface area (Å²) in [5.74, 6) is 3.59. The van der Waals surface area contributed by atoms with Crippen LogP contribution in [0, 0.1) is 0 Å². The Morgan fingerprint density at radius 1 is 0.706 bits per heavy atom. The van der Waals surface area contributed by atoms with Gasteiger partial charge in [-0.25, -0.2) is 0 Å². The fraction of sp³-hybridized carbons (Fsp3) is 0.0667. The van der Waals surface area contributed by atoms with Crippen LogP contribution >= 0.6 is 7.29 Å². The van der Waals surface area contributed by atoms with E-state index in [1.807, 2.05) is 78.9 Å². The highest BCUT2D eigenvalue weighted by Crippen LogP contribution is 2.50. The summed E-state index contributed by atoms with van der Waals surface area (Å²) in [7, 11) is -3.03. The van der Waals surface area contributed by atoms with Gasteiger partial charge in [0.25, 0.3) is 0 Å². The van der Waals surface area contributed by atoms with Gasteiger partial charge in [-0.3, -0.25) is 4.57 Å². The lowest BCUT2D eigenvalue weighted by Crippen LogP contribution is -1.94. The van der Waals surface area contributed by atoms with E-state index in [-0.39, 0.29) is 0 Å². The first-order valence-electron chi connectivity index (χ1n) is 11.5. The molecule has 0 radical (unpaired) electrons. The molecule has 34 heavy (non-hydrogen) atoms. The molecule has 1 aromatic heterocycles. The molecule has 4 aromatic carbocycles. The van der Waals surface area contributed by atoms with Gasteiger partial charge in [0.15, 0.2) is 0 Å². The van der Waals surface area contributed by atoms with Crippen LogP contribution < -0.4 is 5.09 Å². The third kappa shape index (κ3) is 4.62. The monoisotopic (exact) mass is 462 g/mol. The number of anilines is 1. The van der Waals surface area contributed by atoms with E-state index in [1.54, 1.807) is 11.6 Å². The van der Waals surface area contributed by atoms with E-state index in [0.717, 1.165) is 28.7 Å². The second-order valence-corrected chi connectivity index (χ2v) is 10.5. The van der Waals surface area contributed by atoms with Gasteiger partial charge in [-0.2, -0.15) is 0 Å². The average Bonchev–Trinajstić information content (AvgIpc) is 3.21. The Bertz CT molecular complexity index is 1480. The van der Waals surface area contributed by atoms with Crippen LogP contribution in [0.5, 0.6) is 0 Å². The first kappa shape index (κ1) is 22.0. The van der Waals surface area contributed by atoms with Gasteiger partial charge in [0.2, 0.25) is 7.29 Å². The molecule has 0 atom stereocenters. The molecule has 0 bridgehead atoms. The third-order valence-electron chi connectivity index (χ3n) is 5.97. The second-order valence-electron chi connectivity index (χ2n) is 8.27. The van der Waals surface area contributed by atoms with E-state index < -0.39 is 7.29 Å². The maximum Gasteiger partial charge on any atom is 0.213 e. The maximum atomic E-state index is 14.1. The Kier molecular flexibility index (Phi) is 6.20. The van der Waals surface area contributed by atoms with Crippen LogP contribution in [0.25, 0.3) is 34.0 Å². The van der Waals surface area contributed by atoms with Crippen molar-refractivity contribution in [3.05, 3.63) is 126 Å². The predicted octanol–water partition coefficient (Wildman–Crippen LogP) is 8.85. The summed E-state index contributed by atoms with van der Waals surface area (Å²) in [6.45, 7) is 3.06. The largest absolute Gasteiger partial charge is 0.341 e. The Hall–Kier alpha value is -3.81. The van der Waals surface area contributed by atoms with Crippen LogP contribution in [0.2, 0.25) is 0 Å². The van der Waals surface area contributed by atoms with Gasteiger partial charge in [0, 0.05) is 34.0 Å². The zero-order chi connectivity index (χ0) is 23.4. The lowest BCUT2D eigenvalue weighted by molar-refractivity contribution is 0.589. The Balaban J connectivity index is 1.55. The van der Waals surface area contributed by atoms with Crippen LogP contribution in [0.3, 0.4) is 0 Å². The molecular formula is C30H27N2OP. The summed E-state index contributed by atoms with van der Waals surface area (Å²) < 4.78 is 16.4. The molecule has 0 aliphatic heterocycles. The minimum absolute atomic E-state index is 0.838. The second kappa shape index (κ2) is 9.59. The van der Waals surface area contributed by atoms with E-state index in [4.69, 9.17) is 0 Å². The summed E-state index contributed by atoms with van der Waals surface area (Å²) >= 11 is 0. The lowest BCUT2D eigenvalue weighted by Gasteiger charge is -2.14. The molecule has 0 amide bonds. The molecule has 0 aliphatic carbocycles. The van der Waals surface area contributed by atoms with Crippen molar-refractivity contribution in [2.75, 3.05) is 5.09 Å². The molecule has 1 N–H and O–H groups in total. The van der Waals surface area contributed by atoms with Crippen molar-refractivity contribution < 1.29 is 4.57 Å². The SMILES string of the molecule is CCn1c2ccccc2c2cc(NP(=O)(C=Cc3ccccc3)C=Cc3ccccc3)ccc21. The molecule has 0 fully saturated rings. The average molecular weight is 463 g/mol. The van der Waals surface area contributed by atoms with Crippen molar-refractivity contribution in [3.63, 3.8) is 0 Å². The Labute approximate surface area is 200 Å². The minimum atomic E-state index is -3.03. The van der Waals surface area contributed by atoms with Gasteiger partial charge in [0.1, 0.15) is 0 Å². The molecular weight excluding hydrogens is 435 g/mol. The minimum Gasteiger partial charge on any atom is -0.341 e. The molecule has 168 valence electrons. The van der Waals surface area contributed by atoms with E-state index in [9.17, 15) is 4.57 Å². The first-order valence-corrected chi connectivity index (χ1v) is 13.4. The van der Waals surface area contributed by atoms with Crippen molar-refractivity contribution in [3.8, 4) is 0 Å². The van der Waals surface area contributed by atoms with Crippen LogP contribution in [0.4, 0.5) is 5.69 Å². The van der Waals surface area contributed by atoms with Gasteiger partial charge in [0.05, 0.1) is 0 Å². The summed E-state index contributed by atoms with van der Waals surface area (Å²) in [6.07, 6.45) is 3.84. The molecule has 4 heteroatoms. The number of rotatable bonds is 7. The summed E-state index contributed by atoms with van der Waals surface area (Å²) in [4.78, 5) is 0. The molecule has 0 spiro atoms. The molecule has 0 unspecified atom stereocenters.